The van der Waals surface area contributed by atoms with Crippen molar-refractivity contribution in [1.82, 2.24) is 29.5 Å². The van der Waals surface area contributed by atoms with Crippen LogP contribution in [0.15, 0.2) is 31.1 Å². The molecule has 1 amide bonds. The van der Waals surface area contributed by atoms with E-state index in [9.17, 15) is 4.79 Å². The highest BCUT2D eigenvalue weighted by Crippen LogP contribution is 2.16. The number of nitrogens with one attached hydrogen (secondary N) is 1. The Morgan fingerprint density at radius 2 is 2.17 bits per heavy atom. The highest BCUT2D eigenvalue weighted by Gasteiger charge is 2.19. The summed E-state index contributed by atoms with van der Waals surface area (Å²) < 4.78 is 3.80. The largest absolute Gasteiger partial charge is 0.354 e. The van der Waals surface area contributed by atoms with E-state index in [-0.39, 0.29) is 5.91 Å². The van der Waals surface area contributed by atoms with Gasteiger partial charge >= 0.3 is 0 Å². The van der Waals surface area contributed by atoms with E-state index < -0.39 is 0 Å². The maximum atomic E-state index is 12.0. The molecule has 7 heteroatoms. The molecular formula is C17H26N6O. The van der Waals surface area contributed by atoms with E-state index in [1.807, 2.05) is 31.8 Å². The van der Waals surface area contributed by atoms with E-state index in [0.29, 0.717) is 12.5 Å². The molecule has 1 aliphatic heterocycles. The van der Waals surface area contributed by atoms with Crippen LogP contribution in [0.5, 0.6) is 0 Å². The number of nitrogens with zero attached hydrogens (tertiary/aromatic N) is 5. The van der Waals surface area contributed by atoms with Gasteiger partial charge in [0.2, 0.25) is 5.91 Å². The van der Waals surface area contributed by atoms with Crippen molar-refractivity contribution in [2.45, 2.75) is 32.9 Å². The summed E-state index contributed by atoms with van der Waals surface area (Å²) in [5.74, 6) is 0.624. The fraction of sp³-hybridized carbons (Fsp3) is 0.588. The Kier molecular flexibility index (Phi) is 5.63. The van der Waals surface area contributed by atoms with Crippen molar-refractivity contribution in [3.8, 4) is 0 Å². The number of hydrogen-bond acceptors (Lipinski definition) is 4. The van der Waals surface area contributed by atoms with Crippen LogP contribution in [0.4, 0.5) is 0 Å². The van der Waals surface area contributed by atoms with Gasteiger partial charge in [-0.05, 0) is 44.3 Å². The zero-order valence-electron chi connectivity index (χ0n) is 14.3. The predicted molar refractivity (Wildman–Crippen MR) is 91.4 cm³/mol. The van der Waals surface area contributed by atoms with E-state index in [1.54, 1.807) is 10.9 Å². The van der Waals surface area contributed by atoms with Gasteiger partial charge < -0.3 is 14.8 Å². The first-order valence-electron chi connectivity index (χ1n) is 8.63. The lowest BCUT2D eigenvalue weighted by molar-refractivity contribution is -0.122. The van der Waals surface area contributed by atoms with Crippen molar-refractivity contribution in [3.63, 3.8) is 0 Å². The minimum atomic E-state index is 0.0423. The normalized spacial score (nSPS) is 16.4. The molecule has 24 heavy (non-hydrogen) atoms. The van der Waals surface area contributed by atoms with Gasteiger partial charge in [-0.3, -0.25) is 9.48 Å². The van der Waals surface area contributed by atoms with Crippen LogP contribution in [-0.4, -0.2) is 56.3 Å². The third-order valence-corrected chi connectivity index (χ3v) is 4.60. The number of carbonyl (C=O) groups is 1. The van der Waals surface area contributed by atoms with Gasteiger partial charge in [-0.15, -0.1) is 0 Å². The zero-order valence-corrected chi connectivity index (χ0v) is 14.3. The third-order valence-electron chi connectivity index (χ3n) is 4.60. The van der Waals surface area contributed by atoms with Gasteiger partial charge in [-0.25, -0.2) is 4.98 Å². The average molecular weight is 330 g/mol. The number of aryl methyl sites for hydroxylation is 1. The smallest absolute Gasteiger partial charge is 0.241 e. The van der Waals surface area contributed by atoms with Crippen LogP contribution in [0.25, 0.3) is 0 Å². The highest BCUT2D eigenvalue weighted by atomic mass is 16.2. The molecule has 2 aromatic heterocycles. The van der Waals surface area contributed by atoms with Crippen molar-refractivity contribution in [3.05, 3.63) is 36.7 Å². The quantitative estimate of drug-likeness (QED) is 0.820. The molecule has 2 aromatic rings. The van der Waals surface area contributed by atoms with Crippen LogP contribution in [0, 0.1) is 12.8 Å². The molecule has 0 spiro atoms. The molecule has 3 rings (SSSR count). The number of amides is 1. The maximum absolute atomic E-state index is 12.0. The lowest BCUT2D eigenvalue weighted by atomic mass is 9.97. The molecule has 0 unspecified atom stereocenters. The van der Waals surface area contributed by atoms with Gasteiger partial charge in [-0.2, -0.15) is 5.10 Å². The summed E-state index contributed by atoms with van der Waals surface area (Å²) in [6.07, 6.45) is 11.6. The second-order valence-corrected chi connectivity index (χ2v) is 6.60. The van der Waals surface area contributed by atoms with Crippen molar-refractivity contribution >= 4 is 5.91 Å². The summed E-state index contributed by atoms with van der Waals surface area (Å²) in [7, 11) is 0. The molecular weight excluding hydrogens is 304 g/mol. The van der Waals surface area contributed by atoms with Crippen LogP contribution >= 0.6 is 0 Å². The van der Waals surface area contributed by atoms with Crippen molar-refractivity contribution < 1.29 is 4.79 Å². The first-order valence-corrected chi connectivity index (χ1v) is 8.63. The van der Waals surface area contributed by atoms with E-state index in [4.69, 9.17) is 0 Å². The monoisotopic (exact) mass is 330 g/mol. The van der Waals surface area contributed by atoms with Crippen molar-refractivity contribution in [2.75, 3.05) is 26.2 Å². The Labute approximate surface area is 142 Å². The van der Waals surface area contributed by atoms with Gasteiger partial charge in [0.1, 0.15) is 6.54 Å². The molecule has 3 heterocycles. The summed E-state index contributed by atoms with van der Waals surface area (Å²) in [5.41, 5.74) is 1.07. The van der Waals surface area contributed by atoms with Gasteiger partial charge in [0.15, 0.2) is 0 Å². The number of likely N-dealkylation sites (tertiary alicyclic amines) is 1. The van der Waals surface area contributed by atoms with Crippen LogP contribution in [-0.2, 0) is 17.9 Å². The number of rotatable bonds is 7. The number of piperidine rings is 1. The van der Waals surface area contributed by atoms with E-state index >= 15 is 0 Å². The predicted octanol–water partition coefficient (Wildman–Crippen LogP) is 0.916. The lowest BCUT2D eigenvalue weighted by Gasteiger charge is -2.32. The summed E-state index contributed by atoms with van der Waals surface area (Å²) in [6, 6.07) is 0. The summed E-state index contributed by atoms with van der Waals surface area (Å²) in [4.78, 5) is 18.5. The van der Waals surface area contributed by atoms with Crippen molar-refractivity contribution in [2.24, 2.45) is 5.92 Å². The molecule has 0 atom stereocenters. The van der Waals surface area contributed by atoms with E-state index in [0.717, 1.165) is 51.1 Å². The van der Waals surface area contributed by atoms with E-state index in [1.165, 1.54) is 0 Å². The Balaban J connectivity index is 1.31. The molecule has 1 N–H and O–H groups in total. The SMILES string of the molecule is Cc1cnn(CC(=O)NCC2CCN(CCn3ccnc3)CC2)c1. The molecule has 1 saturated heterocycles. The number of hydrogen-bond donors (Lipinski definition) is 1. The van der Waals surface area contributed by atoms with Gasteiger partial charge in [0.05, 0.1) is 12.5 Å². The standard InChI is InChI=1S/C17H26N6O/c1-15-10-20-23(12-15)13-17(24)19-11-16-2-5-21(6-3-16)8-9-22-7-4-18-14-22/h4,7,10,12,14,16H,2-3,5-6,8-9,11,13H2,1H3,(H,19,24). The molecule has 0 aromatic carbocycles. The second-order valence-electron chi connectivity index (χ2n) is 6.60. The fourth-order valence-corrected chi connectivity index (χ4v) is 3.10. The van der Waals surface area contributed by atoms with E-state index in [2.05, 4.69) is 24.9 Å². The second kappa shape index (κ2) is 8.10. The third kappa shape index (κ3) is 4.92. The summed E-state index contributed by atoms with van der Waals surface area (Å²) in [5, 5.41) is 7.19. The Morgan fingerprint density at radius 1 is 1.33 bits per heavy atom. The molecule has 1 aliphatic rings. The topological polar surface area (TPSA) is 68.0 Å². The Bertz CT molecular complexity index is 627. The minimum absolute atomic E-state index is 0.0423. The highest BCUT2D eigenvalue weighted by molar-refractivity contribution is 5.75. The molecule has 0 bridgehead atoms. The molecule has 0 aliphatic carbocycles. The number of aromatic nitrogens is 4. The molecule has 130 valence electrons. The maximum Gasteiger partial charge on any atom is 0.241 e. The van der Waals surface area contributed by atoms with Crippen LogP contribution in [0.1, 0.15) is 18.4 Å². The van der Waals surface area contributed by atoms with Gasteiger partial charge in [0.25, 0.3) is 0 Å². The van der Waals surface area contributed by atoms with Gasteiger partial charge in [0, 0.05) is 38.2 Å². The molecule has 7 nitrogen and oxygen atoms in total. The summed E-state index contributed by atoms with van der Waals surface area (Å²) in [6.45, 7) is 7.31. The van der Waals surface area contributed by atoms with Gasteiger partial charge in [-0.1, -0.05) is 0 Å². The zero-order chi connectivity index (χ0) is 16.8. The van der Waals surface area contributed by atoms with Crippen LogP contribution < -0.4 is 5.32 Å². The fourth-order valence-electron chi connectivity index (χ4n) is 3.10. The number of carbonyl (C=O) groups excluding carboxylic acids is 1. The number of imidazole rings is 1. The molecule has 0 saturated carbocycles. The van der Waals surface area contributed by atoms with Crippen molar-refractivity contribution in [1.29, 1.82) is 0 Å². The average Bonchev–Trinajstić information content (AvgIpc) is 3.24. The van der Waals surface area contributed by atoms with Crippen LogP contribution in [0.2, 0.25) is 0 Å². The Morgan fingerprint density at radius 3 is 2.83 bits per heavy atom. The lowest BCUT2D eigenvalue weighted by Crippen LogP contribution is -2.40. The first kappa shape index (κ1) is 16.7. The summed E-state index contributed by atoms with van der Waals surface area (Å²) >= 11 is 0. The molecule has 1 fully saturated rings. The first-order chi connectivity index (χ1) is 11.7. The van der Waals surface area contributed by atoms with Crippen LogP contribution in [0.3, 0.4) is 0 Å². The minimum Gasteiger partial charge on any atom is -0.354 e. The molecule has 0 radical (unpaired) electrons. The Hall–Kier alpha value is -2.15.